The van der Waals surface area contributed by atoms with E-state index in [1.807, 2.05) is 54.6 Å². The van der Waals surface area contributed by atoms with Gasteiger partial charge in [-0.15, -0.1) is 0 Å². The van der Waals surface area contributed by atoms with Crippen LogP contribution >= 0.6 is 0 Å². The zero-order chi connectivity index (χ0) is 20.9. The van der Waals surface area contributed by atoms with Crippen LogP contribution in [0.5, 0.6) is 5.75 Å². The topological polar surface area (TPSA) is 69.6 Å². The average molecular weight is 400 g/mol. The van der Waals surface area contributed by atoms with E-state index in [1.165, 1.54) is 6.07 Å². The number of nitrogens with one attached hydrogen (secondary N) is 1. The molecule has 0 atom stereocenters. The van der Waals surface area contributed by atoms with Crippen LogP contribution in [-0.4, -0.2) is 34.8 Å². The number of rotatable bonds is 5. The molecule has 0 radical (unpaired) electrons. The smallest absolute Gasteiger partial charge is 0.253 e. The Kier molecular flexibility index (Phi) is 5.80. The summed E-state index contributed by atoms with van der Waals surface area (Å²) in [5.41, 5.74) is 3.11. The third-order valence-electron chi connectivity index (χ3n) is 5.48. The highest BCUT2D eigenvalue weighted by molar-refractivity contribution is 5.99. The van der Waals surface area contributed by atoms with Gasteiger partial charge in [-0.05, 0) is 67.4 Å². The number of Topliss-reactive ketones (excluding diaryl/α,β-unsaturated/α-hetero) is 1. The molecule has 152 valence electrons. The Bertz CT molecular complexity index is 1020. The summed E-state index contributed by atoms with van der Waals surface area (Å²) in [7, 11) is 0. The van der Waals surface area contributed by atoms with Crippen molar-refractivity contribution >= 4 is 23.1 Å². The van der Waals surface area contributed by atoms with Crippen LogP contribution < -0.4 is 5.32 Å². The maximum atomic E-state index is 12.9. The Balaban J connectivity index is 1.34. The number of carbonyl (C=O) groups excluding carboxylic acids is 2. The molecule has 0 saturated carbocycles. The minimum atomic E-state index is -0.104. The van der Waals surface area contributed by atoms with Gasteiger partial charge in [0.05, 0.1) is 0 Å². The quantitative estimate of drug-likeness (QED) is 0.600. The number of carbonyl (C=O) groups is 2. The molecule has 2 N–H and O–H groups in total. The van der Waals surface area contributed by atoms with Crippen molar-refractivity contribution in [3.63, 3.8) is 0 Å². The molecular weight excluding hydrogens is 376 g/mol. The number of phenolic OH excluding ortho intramolecular Hbond substituents is 1. The Morgan fingerprint density at radius 3 is 2.13 bits per heavy atom. The van der Waals surface area contributed by atoms with Crippen molar-refractivity contribution in [1.29, 1.82) is 0 Å². The van der Waals surface area contributed by atoms with E-state index < -0.39 is 0 Å². The lowest BCUT2D eigenvalue weighted by atomic mass is 9.88. The van der Waals surface area contributed by atoms with Crippen LogP contribution in [0.1, 0.15) is 33.6 Å². The fourth-order valence-corrected chi connectivity index (χ4v) is 3.81. The monoisotopic (exact) mass is 400 g/mol. The van der Waals surface area contributed by atoms with Gasteiger partial charge in [-0.1, -0.05) is 24.3 Å². The number of anilines is 2. The highest BCUT2D eigenvalue weighted by Gasteiger charge is 2.28. The van der Waals surface area contributed by atoms with Crippen molar-refractivity contribution in [2.45, 2.75) is 12.8 Å². The van der Waals surface area contributed by atoms with Gasteiger partial charge in [0.25, 0.3) is 5.91 Å². The van der Waals surface area contributed by atoms with Crippen LogP contribution in [0, 0.1) is 5.92 Å². The van der Waals surface area contributed by atoms with Crippen LogP contribution in [0.3, 0.4) is 0 Å². The molecule has 1 aliphatic rings. The Morgan fingerprint density at radius 1 is 0.800 bits per heavy atom. The second-order valence-electron chi connectivity index (χ2n) is 7.55. The van der Waals surface area contributed by atoms with E-state index >= 15 is 0 Å². The molecule has 0 aromatic heterocycles. The molecule has 1 heterocycles. The molecule has 0 aliphatic carbocycles. The van der Waals surface area contributed by atoms with Crippen molar-refractivity contribution in [1.82, 2.24) is 4.90 Å². The van der Waals surface area contributed by atoms with Gasteiger partial charge in [-0.3, -0.25) is 9.59 Å². The Labute approximate surface area is 176 Å². The number of para-hydroxylation sites is 1. The predicted octanol–water partition coefficient (Wildman–Crippen LogP) is 4.87. The third-order valence-corrected chi connectivity index (χ3v) is 5.48. The van der Waals surface area contributed by atoms with E-state index in [1.54, 1.807) is 23.1 Å². The van der Waals surface area contributed by atoms with E-state index in [9.17, 15) is 14.7 Å². The molecule has 30 heavy (non-hydrogen) atoms. The lowest BCUT2D eigenvalue weighted by molar-refractivity contribution is 0.0650. The van der Waals surface area contributed by atoms with E-state index in [0.717, 1.165) is 11.4 Å². The number of piperidine rings is 1. The van der Waals surface area contributed by atoms with Crippen LogP contribution in [0.15, 0.2) is 78.9 Å². The summed E-state index contributed by atoms with van der Waals surface area (Å²) in [6.45, 7) is 1.08. The van der Waals surface area contributed by atoms with Crippen molar-refractivity contribution in [2.24, 2.45) is 5.92 Å². The SMILES string of the molecule is O=C(c1ccc(Nc2ccccc2)cc1)C1CCN(C(=O)c2cccc(O)c2)CC1. The fraction of sp³-hybridized carbons (Fsp3) is 0.200. The van der Waals surface area contributed by atoms with Gasteiger partial charge in [0.15, 0.2) is 5.78 Å². The summed E-state index contributed by atoms with van der Waals surface area (Å²) in [4.78, 5) is 27.3. The van der Waals surface area contributed by atoms with Crippen LogP contribution in [0.2, 0.25) is 0 Å². The number of benzene rings is 3. The van der Waals surface area contributed by atoms with Crippen molar-refractivity contribution in [3.05, 3.63) is 90.0 Å². The van der Waals surface area contributed by atoms with Crippen molar-refractivity contribution in [3.8, 4) is 5.75 Å². The molecule has 3 aromatic carbocycles. The first-order valence-electron chi connectivity index (χ1n) is 10.1. The number of hydrogen-bond acceptors (Lipinski definition) is 4. The molecular formula is C25H24N2O3. The van der Waals surface area contributed by atoms with Gasteiger partial charge in [0, 0.05) is 41.5 Å². The number of aromatic hydroxyl groups is 1. The molecule has 1 fully saturated rings. The van der Waals surface area contributed by atoms with Crippen LogP contribution in [0.4, 0.5) is 11.4 Å². The number of likely N-dealkylation sites (tertiary alicyclic amines) is 1. The van der Waals surface area contributed by atoms with Crippen LogP contribution in [-0.2, 0) is 0 Å². The van der Waals surface area contributed by atoms with Crippen molar-refractivity contribution in [2.75, 3.05) is 18.4 Å². The zero-order valence-electron chi connectivity index (χ0n) is 16.6. The number of nitrogens with zero attached hydrogens (tertiary/aromatic N) is 1. The van der Waals surface area contributed by atoms with E-state index in [0.29, 0.717) is 37.1 Å². The van der Waals surface area contributed by atoms with Gasteiger partial charge >= 0.3 is 0 Å². The van der Waals surface area contributed by atoms with E-state index in [-0.39, 0.29) is 23.4 Å². The first-order chi connectivity index (χ1) is 14.6. The number of phenols is 1. The van der Waals surface area contributed by atoms with Gasteiger partial charge in [0.2, 0.25) is 0 Å². The average Bonchev–Trinajstić information content (AvgIpc) is 2.79. The first kappa shape index (κ1) is 19.7. The highest BCUT2D eigenvalue weighted by atomic mass is 16.3. The summed E-state index contributed by atoms with van der Waals surface area (Å²) in [5, 5.41) is 12.9. The van der Waals surface area contributed by atoms with Gasteiger partial charge in [-0.2, -0.15) is 0 Å². The molecule has 4 rings (SSSR count). The lowest BCUT2D eigenvalue weighted by Gasteiger charge is -2.31. The first-order valence-corrected chi connectivity index (χ1v) is 10.1. The van der Waals surface area contributed by atoms with Crippen LogP contribution in [0.25, 0.3) is 0 Å². The third kappa shape index (κ3) is 4.51. The molecule has 1 amide bonds. The maximum absolute atomic E-state index is 12.9. The molecule has 5 nitrogen and oxygen atoms in total. The zero-order valence-corrected chi connectivity index (χ0v) is 16.6. The highest BCUT2D eigenvalue weighted by Crippen LogP contribution is 2.25. The molecule has 0 bridgehead atoms. The van der Waals surface area contributed by atoms with E-state index in [4.69, 9.17) is 0 Å². The van der Waals surface area contributed by atoms with Crippen molar-refractivity contribution < 1.29 is 14.7 Å². The fourth-order valence-electron chi connectivity index (χ4n) is 3.81. The largest absolute Gasteiger partial charge is 0.508 e. The number of hydrogen-bond donors (Lipinski definition) is 2. The standard InChI is InChI=1S/C25H24N2O3/c28-23-8-4-5-20(17-23)25(30)27-15-13-19(14-16-27)24(29)18-9-11-22(12-10-18)26-21-6-2-1-3-7-21/h1-12,17,19,26,28H,13-16H2. The summed E-state index contributed by atoms with van der Waals surface area (Å²) in [6.07, 6.45) is 1.29. The molecule has 1 aliphatic heterocycles. The summed E-state index contributed by atoms with van der Waals surface area (Å²) < 4.78 is 0. The second kappa shape index (κ2) is 8.82. The normalized spacial score (nSPS) is 14.3. The predicted molar refractivity (Wildman–Crippen MR) is 117 cm³/mol. The number of amides is 1. The summed E-state index contributed by atoms with van der Waals surface area (Å²) in [5.74, 6) is 0.0288. The lowest BCUT2D eigenvalue weighted by Crippen LogP contribution is -2.40. The maximum Gasteiger partial charge on any atom is 0.253 e. The molecule has 0 spiro atoms. The minimum Gasteiger partial charge on any atom is -0.508 e. The molecule has 0 unspecified atom stereocenters. The van der Waals surface area contributed by atoms with Gasteiger partial charge in [0.1, 0.15) is 5.75 Å². The minimum absolute atomic E-state index is 0.0776. The Morgan fingerprint density at radius 2 is 1.47 bits per heavy atom. The van der Waals surface area contributed by atoms with E-state index in [2.05, 4.69) is 5.32 Å². The summed E-state index contributed by atoms with van der Waals surface area (Å²) >= 11 is 0. The van der Waals surface area contributed by atoms with Gasteiger partial charge < -0.3 is 15.3 Å². The second-order valence-corrected chi connectivity index (χ2v) is 7.55. The molecule has 5 heteroatoms. The molecule has 3 aromatic rings. The molecule has 1 saturated heterocycles. The summed E-state index contributed by atoms with van der Waals surface area (Å²) in [6, 6.07) is 23.8. The number of ketones is 1. The van der Waals surface area contributed by atoms with Gasteiger partial charge in [-0.25, -0.2) is 0 Å². The Hall–Kier alpha value is -3.60.